The number of aromatic nitrogens is 1. The Labute approximate surface area is 101 Å². The summed E-state index contributed by atoms with van der Waals surface area (Å²) in [7, 11) is 0. The normalized spacial score (nSPS) is 11.9. The van der Waals surface area contributed by atoms with E-state index in [0.717, 1.165) is 0 Å². The van der Waals surface area contributed by atoms with Crippen molar-refractivity contribution in [2.45, 2.75) is 19.0 Å². The number of nitrogens with two attached hydrogens (primary N) is 1. The van der Waals surface area contributed by atoms with Crippen LogP contribution in [0.2, 0.25) is 0 Å². The Morgan fingerprint density at radius 3 is 2.78 bits per heavy atom. The van der Waals surface area contributed by atoms with E-state index in [1.165, 1.54) is 0 Å². The molecule has 4 nitrogen and oxygen atoms in total. The van der Waals surface area contributed by atoms with Crippen LogP contribution < -0.4 is 11.1 Å². The molecule has 0 spiro atoms. The Kier molecular flexibility index (Phi) is 3.31. The van der Waals surface area contributed by atoms with Crippen LogP contribution in [0, 0.1) is 0 Å². The molecule has 2 aromatic rings. The largest absolute Gasteiger partial charge is 0.423 e. The molecule has 1 aromatic carbocycles. The zero-order valence-corrected chi connectivity index (χ0v) is 9.42. The topological polar surface area (TPSA) is 64.1 Å². The summed E-state index contributed by atoms with van der Waals surface area (Å²) in [6, 6.07) is 5.28. The second-order valence-corrected chi connectivity index (χ2v) is 3.86. The van der Waals surface area contributed by atoms with Crippen LogP contribution in [-0.2, 0) is 0 Å². The van der Waals surface area contributed by atoms with Gasteiger partial charge in [-0.3, -0.25) is 0 Å². The van der Waals surface area contributed by atoms with Crippen LogP contribution in [-0.4, -0.2) is 17.7 Å². The number of benzene rings is 1. The maximum Gasteiger partial charge on any atom is 0.389 e. The lowest BCUT2D eigenvalue weighted by atomic mass is 10.3. The third kappa shape index (κ3) is 3.06. The van der Waals surface area contributed by atoms with Gasteiger partial charge in [0.15, 0.2) is 5.58 Å². The van der Waals surface area contributed by atoms with Crippen LogP contribution in [0.25, 0.3) is 11.1 Å². The molecule has 0 saturated carbocycles. The number of halogens is 3. The minimum Gasteiger partial charge on any atom is -0.423 e. The highest BCUT2D eigenvalue weighted by Crippen LogP contribution is 2.24. The SMILES string of the molecule is Nc1cccc2oc(NCCCC(F)(F)F)nc12. The number of alkyl halides is 3. The molecule has 0 bridgehead atoms. The molecule has 0 saturated heterocycles. The first-order chi connectivity index (χ1) is 8.46. The Morgan fingerprint density at radius 1 is 1.33 bits per heavy atom. The van der Waals surface area contributed by atoms with E-state index in [9.17, 15) is 13.2 Å². The average Bonchev–Trinajstić information content (AvgIpc) is 2.68. The van der Waals surface area contributed by atoms with E-state index in [2.05, 4.69) is 10.3 Å². The van der Waals surface area contributed by atoms with Gasteiger partial charge in [-0.05, 0) is 18.6 Å². The Bertz CT molecular complexity index is 536. The lowest BCUT2D eigenvalue weighted by Gasteiger charge is -2.05. The molecule has 1 aromatic heterocycles. The Balaban J connectivity index is 1.94. The first-order valence-corrected chi connectivity index (χ1v) is 5.41. The predicted molar refractivity (Wildman–Crippen MR) is 62.2 cm³/mol. The molecule has 0 aliphatic rings. The van der Waals surface area contributed by atoms with Gasteiger partial charge >= 0.3 is 6.18 Å². The number of hydrogen-bond donors (Lipinski definition) is 2. The zero-order valence-electron chi connectivity index (χ0n) is 9.42. The van der Waals surface area contributed by atoms with Crippen LogP contribution in [0.1, 0.15) is 12.8 Å². The molecule has 0 unspecified atom stereocenters. The van der Waals surface area contributed by atoms with E-state index in [-0.39, 0.29) is 19.0 Å². The van der Waals surface area contributed by atoms with E-state index in [1.54, 1.807) is 18.2 Å². The highest BCUT2D eigenvalue weighted by Gasteiger charge is 2.25. The maximum absolute atomic E-state index is 11.9. The molecule has 0 aliphatic carbocycles. The third-order valence-electron chi connectivity index (χ3n) is 2.36. The molecule has 0 amide bonds. The first-order valence-electron chi connectivity index (χ1n) is 5.41. The second-order valence-electron chi connectivity index (χ2n) is 3.86. The summed E-state index contributed by atoms with van der Waals surface area (Å²) >= 11 is 0. The number of nitrogens with zero attached hydrogens (tertiary/aromatic N) is 1. The summed E-state index contributed by atoms with van der Waals surface area (Å²) < 4.78 is 41.1. The Morgan fingerprint density at radius 2 is 2.11 bits per heavy atom. The molecular weight excluding hydrogens is 247 g/mol. The van der Waals surface area contributed by atoms with E-state index in [0.29, 0.717) is 16.8 Å². The van der Waals surface area contributed by atoms with Gasteiger partial charge in [0.2, 0.25) is 0 Å². The van der Waals surface area contributed by atoms with Crippen LogP contribution in [0.4, 0.5) is 24.9 Å². The Hall–Kier alpha value is -1.92. The fourth-order valence-corrected chi connectivity index (χ4v) is 1.53. The molecule has 0 fully saturated rings. The molecule has 18 heavy (non-hydrogen) atoms. The highest BCUT2D eigenvalue weighted by atomic mass is 19.4. The van der Waals surface area contributed by atoms with Gasteiger partial charge in [0.05, 0.1) is 5.69 Å². The van der Waals surface area contributed by atoms with Crippen molar-refractivity contribution in [3.8, 4) is 0 Å². The molecule has 2 rings (SSSR count). The smallest absolute Gasteiger partial charge is 0.389 e. The van der Waals surface area contributed by atoms with Crippen molar-refractivity contribution >= 4 is 22.8 Å². The van der Waals surface area contributed by atoms with Crippen LogP contribution in [0.15, 0.2) is 22.6 Å². The molecule has 3 N–H and O–H groups in total. The van der Waals surface area contributed by atoms with Gasteiger partial charge in [-0.25, -0.2) is 0 Å². The van der Waals surface area contributed by atoms with Crippen LogP contribution in [0.3, 0.4) is 0 Å². The van der Waals surface area contributed by atoms with Crippen molar-refractivity contribution in [1.29, 1.82) is 0 Å². The van der Waals surface area contributed by atoms with E-state index >= 15 is 0 Å². The number of anilines is 2. The van der Waals surface area contributed by atoms with Gasteiger partial charge < -0.3 is 15.5 Å². The van der Waals surface area contributed by atoms with Crippen molar-refractivity contribution in [3.05, 3.63) is 18.2 Å². The standard InChI is InChI=1S/C11H12F3N3O/c12-11(13,14)5-2-6-16-10-17-9-7(15)3-1-4-8(9)18-10/h1,3-4H,2,5-6,15H2,(H,16,17). The molecule has 0 atom stereocenters. The summed E-state index contributed by atoms with van der Waals surface area (Å²) in [5, 5.41) is 2.70. The average molecular weight is 259 g/mol. The van der Waals surface area contributed by atoms with Crippen molar-refractivity contribution in [3.63, 3.8) is 0 Å². The minimum atomic E-state index is -4.13. The number of nitrogens with one attached hydrogen (secondary N) is 1. The summed E-state index contributed by atoms with van der Waals surface area (Å²) in [6.07, 6.45) is -4.99. The van der Waals surface area contributed by atoms with E-state index in [1.807, 2.05) is 0 Å². The number of fused-ring (bicyclic) bond motifs is 1. The van der Waals surface area contributed by atoms with Crippen molar-refractivity contribution < 1.29 is 17.6 Å². The molecule has 1 heterocycles. The highest BCUT2D eigenvalue weighted by molar-refractivity contribution is 5.86. The quantitative estimate of drug-likeness (QED) is 0.654. The lowest BCUT2D eigenvalue weighted by Crippen LogP contribution is -2.10. The second kappa shape index (κ2) is 4.75. The summed E-state index contributed by atoms with van der Waals surface area (Å²) in [5.74, 6) is 0. The van der Waals surface area contributed by atoms with E-state index in [4.69, 9.17) is 10.2 Å². The van der Waals surface area contributed by atoms with Crippen molar-refractivity contribution in [2.75, 3.05) is 17.6 Å². The zero-order chi connectivity index (χ0) is 13.2. The molecule has 0 radical (unpaired) electrons. The molecule has 0 aliphatic heterocycles. The van der Waals surface area contributed by atoms with Gasteiger partial charge in [-0.2, -0.15) is 18.2 Å². The fraction of sp³-hybridized carbons (Fsp3) is 0.364. The first kappa shape index (κ1) is 12.5. The van der Waals surface area contributed by atoms with Gasteiger partial charge in [0.1, 0.15) is 5.52 Å². The summed E-state index contributed by atoms with van der Waals surface area (Å²) in [4.78, 5) is 4.06. The number of hydrogen-bond acceptors (Lipinski definition) is 4. The maximum atomic E-state index is 11.9. The van der Waals surface area contributed by atoms with Gasteiger partial charge in [-0.15, -0.1) is 0 Å². The fourth-order valence-electron chi connectivity index (χ4n) is 1.53. The number of rotatable bonds is 4. The summed E-state index contributed by atoms with van der Waals surface area (Å²) in [6.45, 7) is 0.145. The molecule has 98 valence electrons. The van der Waals surface area contributed by atoms with Crippen molar-refractivity contribution in [1.82, 2.24) is 4.98 Å². The predicted octanol–water partition coefficient (Wildman–Crippen LogP) is 3.16. The number of oxazole rings is 1. The lowest BCUT2D eigenvalue weighted by molar-refractivity contribution is -0.134. The third-order valence-corrected chi connectivity index (χ3v) is 2.36. The van der Waals surface area contributed by atoms with Crippen molar-refractivity contribution in [2.24, 2.45) is 0 Å². The van der Waals surface area contributed by atoms with Gasteiger partial charge in [-0.1, -0.05) is 6.07 Å². The van der Waals surface area contributed by atoms with E-state index < -0.39 is 12.6 Å². The number of para-hydroxylation sites is 1. The monoisotopic (exact) mass is 259 g/mol. The summed E-state index contributed by atoms with van der Waals surface area (Å²) in [5.41, 5.74) is 7.17. The number of nitrogen functional groups attached to an aromatic ring is 1. The van der Waals surface area contributed by atoms with Gasteiger partial charge in [0, 0.05) is 13.0 Å². The molecule has 7 heteroatoms. The van der Waals surface area contributed by atoms with Crippen LogP contribution in [0.5, 0.6) is 0 Å². The molecular formula is C11H12F3N3O. The minimum absolute atomic E-state index is 0.0301. The van der Waals surface area contributed by atoms with Crippen LogP contribution >= 0.6 is 0 Å². The van der Waals surface area contributed by atoms with Gasteiger partial charge in [0.25, 0.3) is 6.01 Å².